The molecule has 140 valence electrons. The molecule has 1 N–H and O–H groups in total. The van der Waals surface area contributed by atoms with E-state index in [2.05, 4.69) is 10.3 Å². The topological polar surface area (TPSA) is 88.1 Å². The van der Waals surface area contributed by atoms with Crippen LogP contribution in [0.1, 0.15) is 20.3 Å². The molecule has 2 amide bonds. The van der Waals surface area contributed by atoms with Gasteiger partial charge in [-0.25, -0.2) is 9.38 Å². The summed E-state index contributed by atoms with van der Waals surface area (Å²) in [4.78, 5) is 41.8. The lowest BCUT2D eigenvalue weighted by molar-refractivity contribution is -0.146. The molecule has 0 aromatic heterocycles. The van der Waals surface area contributed by atoms with E-state index in [0.717, 1.165) is 11.8 Å². The first-order valence-corrected chi connectivity index (χ1v) is 9.07. The van der Waals surface area contributed by atoms with Crippen LogP contribution in [0.25, 0.3) is 0 Å². The van der Waals surface area contributed by atoms with Gasteiger partial charge in [0, 0.05) is 13.0 Å². The summed E-state index contributed by atoms with van der Waals surface area (Å²) >= 11 is 1.10. The van der Waals surface area contributed by atoms with Gasteiger partial charge in [0.25, 0.3) is 0 Å². The van der Waals surface area contributed by atoms with E-state index in [0.29, 0.717) is 12.2 Å². The van der Waals surface area contributed by atoms with Crippen molar-refractivity contribution in [3.05, 3.63) is 30.1 Å². The summed E-state index contributed by atoms with van der Waals surface area (Å²) in [5, 5.41) is 2.25. The zero-order chi connectivity index (χ0) is 19.1. The summed E-state index contributed by atoms with van der Waals surface area (Å²) in [6.07, 6.45) is -0.0148. The molecule has 1 fully saturated rings. The summed E-state index contributed by atoms with van der Waals surface area (Å²) in [6, 6.07) is 5.44. The molecule has 2 rings (SSSR count). The SMILES string of the molecule is CCNC(=O)CC1SC(=Nc2ccc(F)cc2)N(CC(=O)OCC)C1=O. The lowest BCUT2D eigenvalue weighted by Crippen LogP contribution is -2.38. The van der Waals surface area contributed by atoms with E-state index in [9.17, 15) is 18.8 Å². The number of carbonyl (C=O) groups is 3. The second-order valence-electron chi connectivity index (χ2n) is 5.36. The first-order valence-electron chi connectivity index (χ1n) is 8.19. The molecule has 1 unspecified atom stereocenters. The van der Waals surface area contributed by atoms with Crippen molar-refractivity contribution in [2.75, 3.05) is 19.7 Å². The normalized spacial score (nSPS) is 18.3. The van der Waals surface area contributed by atoms with Crippen molar-refractivity contribution in [3.63, 3.8) is 0 Å². The van der Waals surface area contributed by atoms with Crippen LogP contribution in [0.2, 0.25) is 0 Å². The molecule has 9 heteroatoms. The van der Waals surface area contributed by atoms with Crippen molar-refractivity contribution >= 4 is 40.4 Å². The number of aliphatic imine (C=N–C) groups is 1. The summed E-state index contributed by atoms with van der Waals surface area (Å²) in [5.41, 5.74) is 0.439. The Morgan fingerprint density at radius 3 is 2.62 bits per heavy atom. The third kappa shape index (κ3) is 5.29. The summed E-state index contributed by atoms with van der Waals surface area (Å²) < 4.78 is 17.9. The third-order valence-electron chi connectivity index (χ3n) is 3.41. The second kappa shape index (κ2) is 9.33. The molecule has 1 heterocycles. The van der Waals surface area contributed by atoms with E-state index in [-0.39, 0.29) is 36.6 Å². The zero-order valence-corrected chi connectivity index (χ0v) is 15.3. The van der Waals surface area contributed by atoms with Crippen molar-refractivity contribution in [3.8, 4) is 0 Å². The number of thioether (sulfide) groups is 1. The van der Waals surface area contributed by atoms with Gasteiger partial charge in [-0.3, -0.25) is 19.3 Å². The number of ether oxygens (including phenoxy) is 1. The lowest BCUT2D eigenvalue weighted by atomic mass is 10.2. The maximum Gasteiger partial charge on any atom is 0.326 e. The minimum atomic E-state index is -0.671. The number of amidine groups is 1. The molecule has 0 bridgehead atoms. The van der Waals surface area contributed by atoms with Crippen LogP contribution >= 0.6 is 11.8 Å². The van der Waals surface area contributed by atoms with Gasteiger partial charge in [0.05, 0.1) is 12.3 Å². The smallest absolute Gasteiger partial charge is 0.326 e. The second-order valence-corrected chi connectivity index (χ2v) is 6.53. The maximum atomic E-state index is 13.0. The van der Waals surface area contributed by atoms with Crippen LogP contribution in [-0.4, -0.2) is 52.8 Å². The predicted octanol–water partition coefficient (Wildman–Crippen LogP) is 1.85. The van der Waals surface area contributed by atoms with Crippen LogP contribution in [0.5, 0.6) is 0 Å². The van der Waals surface area contributed by atoms with Crippen LogP contribution in [0.15, 0.2) is 29.3 Å². The van der Waals surface area contributed by atoms with Crippen LogP contribution in [0, 0.1) is 5.82 Å². The minimum Gasteiger partial charge on any atom is -0.465 e. The predicted molar refractivity (Wildman–Crippen MR) is 96.5 cm³/mol. The number of amides is 2. The van der Waals surface area contributed by atoms with Crippen LogP contribution < -0.4 is 5.32 Å². The first-order chi connectivity index (χ1) is 12.4. The van der Waals surface area contributed by atoms with Gasteiger partial charge in [-0.05, 0) is 38.1 Å². The van der Waals surface area contributed by atoms with Crippen molar-refractivity contribution in [2.45, 2.75) is 25.5 Å². The van der Waals surface area contributed by atoms with Gasteiger partial charge < -0.3 is 10.1 Å². The Morgan fingerprint density at radius 2 is 2.00 bits per heavy atom. The fourth-order valence-electron chi connectivity index (χ4n) is 2.27. The van der Waals surface area contributed by atoms with Crippen LogP contribution in [0.3, 0.4) is 0 Å². The van der Waals surface area contributed by atoms with Crippen LogP contribution in [0.4, 0.5) is 10.1 Å². The largest absolute Gasteiger partial charge is 0.465 e. The van der Waals surface area contributed by atoms with Crippen molar-refractivity contribution in [1.29, 1.82) is 0 Å². The molecular formula is C17H20FN3O4S. The fourth-order valence-corrected chi connectivity index (χ4v) is 3.43. The number of halogens is 1. The number of hydrogen-bond acceptors (Lipinski definition) is 6. The Hall–Kier alpha value is -2.42. The van der Waals surface area contributed by atoms with Gasteiger partial charge in [0.1, 0.15) is 17.6 Å². The summed E-state index contributed by atoms with van der Waals surface area (Å²) in [7, 11) is 0. The Balaban J connectivity index is 2.23. The quantitative estimate of drug-likeness (QED) is 0.728. The molecule has 7 nitrogen and oxygen atoms in total. The number of esters is 1. The molecule has 0 aliphatic carbocycles. The molecule has 1 aromatic carbocycles. The molecule has 0 spiro atoms. The molecule has 1 aromatic rings. The van der Waals surface area contributed by atoms with E-state index in [4.69, 9.17) is 4.74 Å². The molecule has 1 atom stereocenters. The van der Waals surface area contributed by atoms with Gasteiger partial charge >= 0.3 is 5.97 Å². The Labute approximate surface area is 155 Å². The van der Waals surface area contributed by atoms with Gasteiger partial charge in [-0.1, -0.05) is 11.8 Å². The Bertz CT molecular complexity index is 708. The van der Waals surface area contributed by atoms with Gasteiger partial charge in [-0.2, -0.15) is 0 Å². The Morgan fingerprint density at radius 1 is 1.31 bits per heavy atom. The summed E-state index contributed by atoms with van der Waals surface area (Å²) in [6.45, 7) is 3.83. The highest BCUT2D eigenvalue weighted by atomic mass is 32.2. The Kier molecular flexibility index (Phi) is 7.14. The molecular weight excluding hydrogens is 361 g/mol. The van der Waals surface area contributed by atoms with Gasteiger partial charge in [0.15, 0.2) is 5.17 Å². The van der Waals surface area contributed by atoms with Gasteiger partial charge in [0.2, 0.25) is 11.8 Å². The van der Waals surface area contributed by atoms with E-state index in [1.54, 1.807) is 13.8 Å². The third-order valence-corrected chi connectivity index (χ3v) is 4.58. The highest BCUT2D eigenvalue weighted by molar-refractivity contribution is 8.15. The van der Waals surface area contributed by atoms with Gasteiger partial charge in [-0.15, -0.1) is 0 Å². The molecule has 26 heavy (non-hydrogen) atoms. The lowest BCUT2D eigenvalue weighted by Gasteiger charge is -2.15. The van der Waals surface area contributed by atoms with Crippen molar-refractivity contribution < 1.29 is 23.5 Å². The number of hydrogen-bond donors (Lipinski definition) is 1. The fraction of sp³-hybridized carbons (Fsp3) is 0.412. The monoisotopic (exact) mass is 381 g/mol. The number of nitrogens with zero attached hydrogens (tertiary/aromatic N) is 2. The average molecular weight is 381 g/mol. The zero-order valence-electron chi connectivity index (χ0n) is 14.5. The highest BCUT2D eigenvalue weighted by Crippen LogP contribution is 2.31. The number of benzene rings is 1. The number of nitrogens with one attached hydrogen (secondary N) is 1. The van der Waals surface area contributed by atoms with Crippen molar-refractivity contribution in [1.82, 2.24) is 10.2 Å². The van der Waals surface area contributed by atoms with E-state index in [1.165, 1.54) is 29.2 Å². The first kappa shape index (κ1) is 19.9. The molecule has 0 saturated carbocycles. The molecule has 1 aliphatic rings. The van der Waals surface area contributed by atoms with Crippen molar-refractivity contribution in [2.24, 2.45) is 4.99 Å². The molecule has 1 saturated heterocycles. The van der Waals surface area contributed by atoms with Crippen LogP contribution in [-0.2, 0) is 19.1 Å². The number of carbonyl (C=O) groups excluding carboxylic acids is 3. The molecule has 0 radical (unpaired) electrons. The standard InChI is InChI=1S/C17H20FN3O4S/c1-3-19-14(22)9-13-16(24)21(10-15(23)25-4-2)17(26-13)20-12-7-5-11(18)6-8-12/h5-8,13H,3-4,9-10H2,1-2H3,(H,19,22). The maximum absolute atomic E-state index is 13.0. The summed E-state index contributed by atoms with van der Waals surface area (Å²) in [5.74, 6) is -1.60. The number of rotatable bonds is 7. The van der Waals surface area contributed by atoms with E-state index in [1.807, 2.05) is 0 Å². The average Bonchev–Trinajstić information content (AvgIpc) is 2.86. The molecule has 1 aliphatic heterocycles. The van der Waals surface area contributed by atoms with E-state index >= 15 is 0 Å². The minimum absolute atomic E-state index is 0.0148. The van der Waals surface area contributed by atoms with E-state index < -0.39 is 17.0 Å². The highest BCUT2D eigenvalue weighted by Gasteiger charge is 2.40.